The molecule has 0 radical (unpaired) electrons. The highest BCUT2D eigenvalue weighted by Crippen LogP contribution is 2.29. The SMILES string of the molecule is Cc1ccsc1CN(Cc1ccc(F)cc1)C(=O)CN(CC(C)C)S(=O)(=O)c1ccc(Cl)c([N+](=O)[O-])c1. The smallest absolute Gasteiger partial charge is 0.289 e. The Morgan fingerprint density at radius 1 is 1.14 bits per heavy atom. The summed E-state index contributed by atoms with van der Waals surface area (Å²) in [4.78, 5) is 26.3. The van der Waals surface area contributed by atoms with Gasteiger partial charge in [-0.2, -0.15) is 4.31 Å². The minimum atomic E-state index is -4.27. The van der Waals surface area contributed by atoms with Crippen molar-refractivity contribution in [3.8, 4) is 0 Å². The molecule has 0 fully saturated rings. The fourth-order valence-electron chi connectivity index (χ4n) is 3.63. The van der Waals surface area contributed by atoms with Crippen LogP contribution >= 0.6 is 22.9 Å². The van der Waals surface area contributed by atoms with E-state index in [4.69, 9.17) is 11.6 Å². The molecule has 1 amide bonds. The summed E-state index contributed by atoms with van der Waals surface area (Å²) in [6.45, 7) is 5.50. The van der Waals surface area contributed by atoms with E-state index < -0.39 is 38.9 Å². The van der Waals surface area contributed by atoms with E-state index in [0.717, 1.165) is 26.9 Å². The first-order valence-electron chi connectivity index (χ1n) is 11.4. The predicted molar refractivity (Wildman–Crippen MR) is 141 cm³/mol. The number of carbonyl (C=O) groups is 1. The second-order valence-corrected chi connectivity index (χ2v) is 12.3. The Morgan fingerprint density at radius 2 is 1.81 bits per heavy atom. The molecule has 0 aliphatic heterocycles. The zero-order valence-electron chi connectivity index (χ0n) is 20.6. The number of thiophene rings is 1. The van der Waals surface area contributed by atoms with Gasteiger partial charge in [0.25, 0.3) is 5.69 Å². The number of halogens is 2. The number of benzene rings is 2. The van der Waals surface area contributed by atoms with Gasteiger partial charge in [-0.05, 0) is 59.7 Å². The zero-order valence-corrected chi connectivity index (χ0v) is 22.9. The number of aryl methyl sites for hydroxylation is 1. The molecular formula is C25H27ClFN3O5S2. The molecule has 0 aliphatic rings. The van der Waals surface area contributed by atoms with Crippen LogP contribution in [0.15, 0.2) is 58.8 Å². The van der Waals surface area contributed by atoms with Crippen LogP contribution in [0.5, 0.6) is 0 Å². The third-order valence-corrected chi connectivity index (χ3v) is 8.71. The van der Waals surface area contributed by atoms with Crippen molar-refractivity contribution < 1.29 is 22.5 Å². The van der Waals surface area contributed by atoms with Gasteiger partial charge < -0.3 is 4.90 Å². The van der Waals surface area contributed by atoms with E-state index in [0.29, 0.717) is 5.56 Å². The van der Waals surface area contributed by atoms with Gasteiger partial charge in [0.15, 0.2) is 0 Å². The lowest BCUT2D eigenvalue weighted by Crippen LogP contribution is -2.43. The molecule has 3 rings (SSSR count). The van der Waals surface area contributed by atoms with Crippen molar-refractivity contribution in [2.45, 2.75) is 38.8 Å². The molecule has 0 N–H and O–H groups in total. The number of nitrogens with zero attached hydrogens (tertiary/aromatic N) is 3. The molecule has 0 bridgehead atoms. The van der Waals surface area contributed by atoms with Crippen molar-refractivity contribution in [1.82, 2.24) is 9.21 Å². The molecule has 3 aromatic rings. The lowest BCUT2D eigenvalue weighted by atomic mass is 10.2. The Labute approximate surface area is 224 Å². The molecule has 0 saturated heterocycles. The van der Waals surface area contributed by atoms with Gasteiger partial charge in [0.2, 0.25) is 15.9 Å². The minimum Gasteiger partial charge on any atom is -0.332 e. The van der Waals surface area contributed by atoms with E-state index >= 15 is 0 Å². The Morgan fingerprint density at radius 3 is 2.38 bits per heavy atom. The lowest BCUT2D eigenvalue weighted by Gasteiger charge is -2.28. The maximum atomic E-state index is 13.6. The first kappa shape index (κ1) is 28.7. The van der Waals surface area contributed by atoms with Crippen molar-refractivity contribution >= 4 is 44.6 Å². The third kappa shape index (κ3) is 7.35. The van der Waals surface area contributed by atoms with Crippen LogP contribution in [0, 0.1) is 28.8 Å². The van der Waals surface area contributed by atoms with Crippen LogP contribution < -0.4 is 0 Å². The molecule has 1 heterocycles. The van der Waals surface area contributed by atoms with Crippen molar-refractivity contribution in [2.24, 2.45) is 5.92 Å². The number of amides is 1. The Bertz CT molecular complexity index is 1380. The molecule has 0 unspecified atom stereocenters. The van der Waals surface area contributed by atoms with Crippen molar-refractivity contribution in [3.63, 3.8) is 0 Å². The van der Waals surface area contributed by atoms with Gasteiger partial charge in [-0.3, -0.25) is 14.9 Å². The highest BCUT2D eigenvalue weighted by molar-refractivity contribution is 7.89. The number of nitro groups is 1. The lowest BCUT2D eigenvalue weighted by molar-refractivity contribution is -0.384. The van der Waals surface area contributed by atoms with Gasteiger partial charge >= 0.3 is 0 Å². The highest BCUT2D eigenvalue weighted by atomic mass is 35.5. The first-order chi connectivity index (χ1) is 17.4. The minimum absolute atomic E-state index is 0.0207. The number of nitro benzene ring substituents is 1. The molecule has 198 valence electrons. The second-order valence-electron chi connectivity index (χ2n) is 8.96. The molecule has 0 spiro atoms. The van der Waals surface area contributed by atoms with E-state index in [1.807, 2.05) is 32.2 Å². The van der Waals surface area contributed by atoms with Crippen molar-refractivity contribution in [2.75, 3.05) is 13.1 Å². The predicted octanol–water partition coefficient (Wildman–Crippen LogP) is 5.63. The average molecular weight is 568 g/mol. The van der Waals surface area contributed by atoms with Crippen LogP contribution in [0.3, 0.4) is 0 Å². The summed E-state index contributed by atoms with van der Waals surface area (Å²) in [6, 6.07) is 10.9. The summed E-state index contributed by atoms with van der Waals surface area (Å²) in [5, 5.41) is 13.0. The quantitative estimate of drug-likeness (QED) is 0.221. The summed E-state index contributed by atoms with van der Waals surface area (Å²) in [5.74, 6) is -0.984. The van der Waals surface area contributed by atoms with Crippen LogP contribution in [-0.2, 0) is 27.9 Å². The van der Waals surface area contributed by atoms with Gasteiger partial charge in [0.1, 0.15) is 10.8 Å². The van der Waals surface area contributed by atoms with Gasteiger partial charge in [0.05, 0.1) is 22.9 Å². The molecular weight excluding hydrogens is 541 g/mol. The first-order valence-corrected chi connectivity index (χ1v) is 14.1. The van der Waals surface area contributed by atoms with Gasteiger partial charge in [-0.1, -0.05) is 37.6 Å². The molecule has 2 aromatic carbocycles. The van der Waals surface area contributed by atoms with Crippen LogP contribution in [0.25, 0.3) is 0 Å². The molecule has 12 heteroatoms. The molecule has 0 aliphatic carbocycles. The number of carbonyl (C=O) groups excluding carboxylic acids is 1. The molecule has 0 atom stereocenters. The Kier molecular flexibility index (Phi) is 9.41. The van der Waals surface area contributed by atoms with E-state index in [-0.39, 0.29) is 35.5 Å². The highest BCUT2D eigenvalue weighted by Gasteiger charge is 2.31. The van der Waals surface area contributed by atoms with Gasteiger partial charge in [-0.15, -0.1) is 11.3 Å². The summed E-state index contributed by atoms with van der Waals surface area (Å²) in [5.41, 5.74) is 1.15. The average Bonchev–Trinajstić information content (AvgIpc) is 3.23. The monoisotopic (exact) mass is 567 g/mol. The summed E-state index contributed by atoms with van der Waals surface area (Å²) in [6.07, 6.45) is 0. The zero-order chi connectivity index (χ0) is 27.3. The maximum absolute atomic E-state index is 13.6. The van der Waals surface area contributed by atoms with E-state index in [9.17, 15) is 27.7 Å². The van der Waals surface area contributed by atoms with E-state index in [1.54, 1.807) is 12.1 Å². The van der Waals surface area contributed by atoms with E-state index in [1.165, 1.54) is 34.4 Å². The number of hydrogen-bond donors (Lipinski definition) is 0. The maximum Gasteiger partial charge on any atom is 0.289 e. The van der Waals surface area contributed by atoms with Gasteiger partial charge in [-0.25, -0.2) is 12.8 Å². The molecule has 0 saturated carbocycles. The topological polar surface area (TPSA) is 101 Å². The molecule has 1 aromatic heterocycles. The van der Waals surface area contributed by atoms with Crippen LogP contribution in [0.1, 0.15) is 29.9 Å². The summed E-state index contributed by atoms with van der Waals surface area (Å²) < 4.78 is 41.5. The fourth-order valence-corrected chi connectivity index (χ4v) is 6.31. The normalized spacial score (nSPS) is 11.8. The van der Waals surface area contributed by atoms with Crippen LogP contribution in [0.4, 0.5) is 10.1 Å². The number of sulfonamides is 1. The second kappa shape index (κ2) is 12.1. The third-order valence-electron chi connectivity index (χ3n) is 5.57. The summed E-state index contributed by atoms with van der Waals surface area (Å²) >= 11 is 7.35. The Balaban J connectivity index is 1.94. The standard InChI is InChI=1S/C25H27ClFN3O5S2/c1-17(2)13-29(37(34,35)21-8-9-22(26)23(12-21)30(32)33)16-25(31)28(15-24-18(3)10-11-36-24)14-19-4-6-20(27)7-5-19/h4-12,17H,13-16H2,1-3H3. The fraction of sp³-hybridized carbons (Fsp3) is 0.320. The number of hydrogen-bond acceptors (Lipinski definition) is 6. The number of rotatable bonds is 11. The summed E-state index contributed by atoms with van der Waals surface area (Å²) in [7, 11) is -4.27. The van der Waals surface area contributed by atoms with Gasteiger partial charge in [0, 0.05) is 24.0 Å². The Hall–Kier alpha value is -2.86. The molecule has 8 nitrogen and oxygen atoms in total. The van der Waals surface area contributed by atoms with Crippen LogP contribution in [-0.4, -0.2) is 41.5 Å². The van der Waals surface area contributed by atoms with Crippen molar-refractivity contribution in [1.29, 1.82) is 0 Å². The van der Waals surface area contributed by atoms with Crippen LogP contribution in [0.2, 0.25) is 5.02 Å². The van der Waals surface area contributed by atoms with Crippen molar-refractivity contribution in [3.05, 3.63) is 90.9 Å². The molecule has 37 heavy (non-hydrogen) atoms. The largest absolute Gasteiger partial charge is 0.332 e. The van der Waals surface area contributed by atoms with E-state index in [2.05, 4.69) is 0 Å².